The maximum absolute atomic E-state index is 10.9. The molecule has 0 fully saturated rings. The lowest BCUT2D eigenvalue weighted by Gasteiger charge is -1.99. The molecule has 0 aliphatic carbocycles. The summed E-state index contributed by atoms with van der Waals surface area (Å²) >= 11 is 5.98. The molecule has 1 aromatic carbocycles. The van der Waals surface area contributed by atoms with Crippen molar-refractivity contribution in [3.05, 3.63) is 28.5 Å². The number of imidazole rings is 1. The largest absolute Gasteiger partial charge is 0.475 e. The molecule has 2 rings (SSSR count). The Hall–Kier alpha value is -1.55. The first-order valence-electron chi connectivity index (χ1n) is 4.36. The maximum atomic E-state index is 10.9. The van der Waals surface area contributed by atoms with Crippen LogP contribution in [0.3, 0.4) is 0 Å². The van der Waals surface area contributed by atoms with Crippen molar-refractivity contribution in [3.8, 4) is 0 Å². The molecule has 0 saturated carbocycles. The topological polar surface area (TPSA) is 55.1 Å². The summed E-state index contributed by atoms with van der Waals surface area (Å²) in [4.78, 5) is 14.8. The van der Waals surface area contributed by atoms with Gasteiger partial charge in [-0.05, 0) is 24.6 Å². The van der Waals surface area contributed by atoms with Gasteiger partial charge in [0.2, 0.25) is 5.82 Å². The lowest BCUT2D eigenvalue weighted by Crippen LogP contribution is -2.05. The number of aromatic carboxylic acids is 1. The van der Waals surface area contributed by atoms with Crippen LogP contribution in [0.1, 0.15) is 16.2 Å². The molecule has 0 bridgehead atoms. The van der Waals surface area contributed by atoms with Crippen LogP contribution in [0.2, 0.25) is 5.02 Å². The second kappa shape index (κ2) is 3.24. The molecule has 0 atom stereocenters. The van der Waals surface area contributed by atoms with Crippen LogP contribution < -0.4 is 0 Å². The highest BCUT2D eigenvalue weighted by Crippen LogP contribution is 2.25. The average molecular weight is 225 g/mol. The van der Waals surface area contributed by atoms with Gasteiger partial charge < -0.3 is 9.67 Å². The standard InChI is InChI=1S/C10H9ClN2O2/c1-5-3-6(11)8-7(4-5)13(2)9(12-8)10(14)15/h3-4H,1-2H3,(H,14,15). The molecule has 1 heterocycles. The third-order valence-corrected chi connectivity index (χ3v) is 2.56. The van der Waals surface area contributed by atoms with E-state index >= 15 is 0 Å². The van der Waals surface area contributed by atoms with Crippen LogP contribution in [-0.4, -0.2) is 20.6 Å². The molecule has 78 valence electrons. The van der Waals surface area contributed by atoms with Crippen LogP contribution in [0.4, 0.5) is 0 Å². The zero-order valence-corrected chi connectivity index (χ0v) is 9.04. The summed E-state index contributed by atoms with van der Waals surface area (Å²) in [6.07, 6.45) is 0. The number of halogens is 1. The van der Waals surface area contributed by atoms with Crippen LogP contribution in [0.5, 0.6) is 0 Å². The molecule has 2 aromatic rings. The minimum Gasteiger partial charge on any atom is -0.475 e. The molecule has 0 aliphatic rings. The summed E-state index contributed by atoms with van der Waals surface area (Å²) in [6.45, 7) is 1.90. The molecule has 0 aliphatic heterocycles. The minimum atomic E-state index is -1.05. The minimum absolute atomic E-state index is 0.00231. The number of carboxylic acid groups (broad SMARTS) is 1. The van der Waals surface area contributed by atoms with Crippen molar-refractivity contribution in [2.45, 2.75) is 6.92 Å². The number of aromatic nitrogens is 2. The van der Waals surface area contributed by atoms with Gasteiger partial charge in [0, 0.05) is 7.05 Å². The van der Waals surface area contributed by atoms with Crippen molar-refractivity contribution in [1.82, 2.24) is 9.55 Å². The van der Waals surface area contributed by atoms with Crippen LogP contribution in [0, 0.1) is 6.92 Å². The van der Waals surface area contributed by atoms with Crippen molar-refractivity contribution in [3.63, 3.8) is 0 Å². The van der Waals surface area contributed by atoms with Crippen molar-refractivity contribution < 1.29 is 9.90 Å². The molecule has 0 unspecified atom stereocenters. The lowest BCUT2D eigenvalue weighted by molar-refractivity contribution is 0.0680. The van der Waals surface area contributed by atoms with Gasteiger partial charge in [0.25, 0.3) is 0 Å². The van der Waals surface area contributed by atoms with Gasteiger partial charge in [-0.2, -0.15) is 0 Å². The molecule has 5 heteroatoms. The Labute approximate surface area is 91.1 Å². The fraction of sp³-hybridized carbons (Fsp3) is 0.200. The number of fused-ring (bicyclic) bond motifs is 1. The zero-order chi connectivity index (χ0) is 11.2. The lowest BCUT2D eigenvalue weighted by atomic mass is 10.2. The van der Waals surface area contributed by atoms with E-state index in [-0.39, 0.29) is 5.82 Å². The normalized spacial score (nSPS) is 10.9. The summed E-state index contributed by atoms with van der Waals surface area (Å²) < 4.78 is 1.52. The summed E-state index contributed by atoms with van der Waals surface area (Å²) in [5.74, 6) is -1.06. The fourth-order valence-corrected chi connectivity index (χ4v) is 1.88. The van der Waals surface area contributed by atoms with Gasteiger partial charge in [-0.3, -0.25) is 0 Å². The first-order valence-corrected chi connectivity index (χ1v) is 4.74. The molecule has 1 N–H and O–H groups in total. The van der Waals surface area contributed by atoms with Crippen LogP contribution >= 0.6 is 11.6 Å². The van der Waals surface area contributed by atoms with Gasteiger partial charge in [0.15, 0.2) is 0 Å². The van der Waals surface area contributed by atoms with Crippen molar-refractivity contribution in [1.29, 1.82) is 0 Å². The number of benzene rings is 1. The Bertz CT molecular complexity index is 560. The molecule has 4 nitrogen and oxygen atoms in total. The number of hydrogen-bond acceptors (Lipinski definition) is 2. The van der Waals surface area contributed by atoms with E-state index in [4.69, 9.17) is 16.7 Å². The predicted octanol–water partition coefficient (Wildman–Crippen LogP) is 2.23. The van der Waals surface area contributed by atoms with Gasteiger partial charge in [-0.1, -0.05) is 11.6 Å². The molecule has 15 heavy (non-hydrogen) atoms. The van der Waals surface area contributed by atoms with Gasteiger partial charge in [0.1, 0.15) is 5.52 Å². The van der Waals surface area contributed by atoms with E-state index in [0.717, 1.165) is 11.1 Å². The Kier molecular flexibility index (Phi) is 2.16. The molecule has 0 amide bonds. The Morgan fingerprint density at radius 3 is 2.80 bits per heavy atom. The number of carbonyl (C=O) groups is 1. The Morgan fingerprint density at radius 2 is 2.20 bits per heavy atom. The first-order chi connectivity index (χ1) is 7.00. The molecule has 0 spiro atoms. The third kappa shape index (κ3) is 1.47. The van der Waals surface area contributed by atoms with Gasteiger partial charge in [-0.25, -0.2) is 9.78 Å². The fourth-order valence-electron chi connectivity index (χ4n) is 1.57. The number of aryl methyl sites for hydroxylation is 2. The summed E-state index contributed by atoms with van der Waals surface area (Å²) in [6, 6.07) is 3.63. The number of rotatable bonds is 1. The summed E-state index contributed by atoms with van der Waals surface area (Å²) in [7, 11) is 1.66. The van der Waals surface area contributed by atoms with E-state index in [0.29, 0.717) is 10.5 Å². The summed E-state index contributed by atoms with van der Waals surface area (Å²) in [5.41, 5.74) is 2.24. The van der Waals surface area contributed by atoms with Gasteiger partial charge >= 0.3 is 5.97 Å². The molecule has 0 saturated heterocycles. The molecule has 1 aromatic heterocycles. The second-order valence-corrected chi connectivity index (χ2v) is 3.82. The first kappa shape index (κ1) is 9.98. The second-order valence-electron chi connectivity index (χ2n) is 3.41. The molecular formula is C10H9ClN2O2. The molecular weight excluding hydrogens is 216 g/mol. The number of carboxylic acids is 1. The maximum Gasteiger partial charge on any atom is 0.372 e. The van der Waals surface area contributed by atoms with Crippen LogP contribution in [0.15, 0.2) is 12.1 Å². The van der Waals surface area contributed by atoms with Gasteiger partial charge in [0.05, 0.1) is 10.5 Å². The SMILES string of the molecule is Cc1cc(Cl)c2nc(C(=O)O)n(C)c2c1. The predicted molar refractivity (Wildman–Crippen MR) is 57.4 cm³/mol. The van der Waals surface area contributed by atoms with E-state index in [2.05, 4.69) is 4.98 Å². The summed E-state index contributed by atoms with van der Waals surface area (Å²) in [5, 5.41) is 9.38. The Balaban J connectivity index is 2.88. The quantitative estimate of drug-likeness (QED) is 0.808. The van der Waals surface area contributed by atoms with Crippen LogP contribution in [-0.2, 0) is 7.05 Å². The average Bonchev–Trinajstić information content (AvgIpc) is 2.44. The monoisotopic (exact) mass is 224 g/mol. The van der Waals surface area contributed by atoms with E-state index in [9.17, 15) is 4.79 Å². The van der Waals surface area contributed by atoms with Crippen molar-refractivity contribution >= 4 is 28.6 Å². The van der Waals surface area contributed by atoms with Crippen molar-refractivity contribution in [2.24, 2.45) is 7.05 Å². The van der Waals surface area contributed by atoms with E-state index in [1.165, 1.54) is 4.57 Å². The highest BCUT2D eigenvalue weighted by atomic mass is 35.5. The van der Waals surface area contributed by atoms with E-state index in [1.807, 2.05) is 13.0 Å². The Morgan fingerprint density at radius 1 is 1.53 bits per heavy atom. The zero-order valence-electron chi connectivity index (χ0n) is 8.28. The van der Waals surface area contributed by atoms with Crippen LogP contribution in [0.25, 0.3) is 11.0 Å². The van der Waals surface area contributed by atoms with E-state index in [1.54, 1.807) is 13.1 Å². The highest BCUT2D eigenvalue weighted by molar-refractivity contribution is 6.35. The number of hydrogen-bond donors (Lipinski definition) is 1. The van der Waals surface area contributed by atoms with E-state index < -0.39 is 5.97 Å². The number of nitrogens with zero attached hydrogens (tertiary/aromatic N) is 2. The van der Waals surface area contributed by atoms with Gasteiger partial charge in [-0.15, -0.1) is 0 Å². The molecule has 0 radical (unpaired) electrons. The third-order valence-electron chi connectivity index (χ3n) is 2.28. The van der Waals surface area contributed by atoms with Crippen molar-refractivity contribution in [2.75, 3.05) is 0 Å². The smallest absolute Gasteiger partial charge is 0.372 e. The highest BCUT2D eigenvalue weighted by Gasteiger charge is 2.15.